The van der Waals surface area contributed by atoms with E-state index in [4.69, 9.17) is 3.07 Å². The summed E-state index contributed by atoms with van der Waals surface area (Å²) in [6, 6.07) is 8.42. The normalized spacial score (nSPS) is 11.7. The lowest BCUT2D eigenvalue weighted by molar-refractivity contribution is 0.177. The van der Waals surface area contributed by atoms with Crippen molar-refractivity contribution in [1.29, 1.82) is 0 Å². The molecule has 12 heavy (non-hydrogen) atoms. The van der Waals surface area contributed by atoms with Gasteiger partial charge in [0.25, 0.3) is 0 Å². The first-order chi connectivity index (χ1) is 5.56. The van der Waals surface area contributed by atoms with E-state index in [2.05, 4.69) is 45.0 Å². The molecule has 0 radical (unpaired) electrons. The minimum absolute atomic E-state index is 0.186. The van der Waals surface area contributed by atoms with E-state index < -0.39 is 0 Å². The van der Waals surface area contributed by atoms with Crippen molar-refractivity contribution in [2.24, 2.45) is 0 Å². The average molecular weight is 276 g/mol. The van der Waals surface area contributed by atoms with Gasteiger partial charge in [0.05, 0.1) is 5.60 Å². The minimum atomic E-state index is -0.186. The Balaban J connectivity index is 2.96. The van der Waals surface area contributed by atoms with Gasteiger partial charge in [0.2, 0.25) is 0 Å². The van der Waals surface area contributed by atoms with Crippen molar-refractivity contribution in [3.8, 4) is 0 Å². The van der Waals surface area contributed by atoms with Gasteiger partial charge in [-0.25, -0.2) is 0 Å². The highest BCUT2D eigenvalue weighted by molar-refractivity contribution is 14.1. The molecule has 0 bridgehead atoms. The van der Waals surface area contributed by atoms with E-state index in [1.807, 2.05) is 23.0 Å². The van der Waals surface area contributed by atoms with Gasteiger partial charge in [0, 0.05) is 0 Å². The molecule has 2 heteroatoms. The molecule has 0 aliphatic carbocycles. The van der Waals surface area contributed by atoms with Crippen LogP contribution in [-0.2, 0) is 8.67 Å². The Morgan fingerprint density at radius 1 is 1.17 bits per heavy atom. The Bertz CT molecular complexity index is 251. The van der Waals surface area contributed by atoms with Crippen LogP contribution in [0.25, 0.3) is 0 Å². The zero-order chi connectivity index (χ0) is 9.19. The van der Waals surface area contributed by atoms with Crippen LogP contribution in [0.5, 0.6) is 0 Å². The van der Waals surface area contributed by atoms with Crippen LogP contribution < -0.4 is 0 Å². The van der Waals surface area contributed by atoms with Crippen LogP contribution in [0, 0.1) is 6.92 Å². The Hall–Kier alpha value is -0.0900. The standard InChI is InChI=1S/C10H13IO/c1-8-4-6-9(7-5-8)10(2,3)12-11/h4-7H,1-3H3. The van der Waals surface area contributed by atoms with Crippen LogP contribution in [0.4, 0.5) is 0 Å². The summed E-state index contributed by atoms with van der Waals surface area (Å²) in [6.45, 7) is 6.20. The molecule has 0 unspecified atom stereocenters. The molecule has 0 N–H and O–H groups in total. The van der Waals surface area contributed by atoms with Gasteiger partial charge in [0.15, 0.2) is 0 Å². The molecule has 0 spiro atoms. The summed E-state index contributed by atoms with van der Waals surface area (Å²) in [4.78, 5) is 0. The van der Waals surface area contributed by atoms with Crippen molar-refractivity contribution in [1.82, 2.24) is 0 Å². The highest BCUT2D eigenvalue weighted by Gasteiger charge is 2.19. The predicted molar refractivity (Wildman–Crippen MR) is 59.3 cm³/mol. The molecule has 66 valence electrons. The molecule has 0 heterocycles. The Morgan fingerprint density at radius 3 is 2.08 bits per heavy atom. The predicted octanol–water partition coefficient (Wildman–Crippen LogP) is 3.60. The van der Waals surface area contributed by atoms with Crippen molar-refractivity contribution in [3.63, 3.8) is 0 Å². The molecule has 1 nitrogen and oxygen atoms in total. The maximum absolute atomic E-state index is 5.33. The van der Waals surface area contributed by atoms with Gasteiger partial charge < -0.3 is 3.07 Å². The SMILES string of the molecule is Cc1ccc(C(C)(C)OI)cc1. The zero-order valence-electron chi connectivity index (χ0n) is 7.60. The van der Waals surface area contributed by atoms with Gasteiger partial charge in [0.1, 0.15) is 23.0 Å². The Labute approximate surface area is 87.8 Å². The summed E-state index contributed by atoms with van der Waals surface area (Å²) in [5.41, 5.74) is 2.30. The number of hydrogen-bond acceptors (Lipinski definition) is 1. The lowest BCUT2D eigenvalue weighted by atomic mass is 9.98. The molecule has 0 saturated heterocycles. The summed E-state index contributed by atoms with van der Waals surface area (Å²) in [7, 11) is 0. The van der Waals surface area contributed by atoms with Crippen LogP contribution in [0.1, 0.15) is 25.0 Å². The number of rotatable bonds is 2. The quantitative estimate of drug-likeness (QED) is 0.750. The molecule has 0 atom stereocenters. The number of hydrogen-bond donors (Lipinski definition) is 0. The fourth-order valence-corrected chi connectivity index (χ4v) is 1.25. The van der Waals surface area contributed by atoms with Gasteiger partial charge in [-0.05, 0) is 26.3 Å². The van der Waals surface area contributed by atoms with Crippen LogP contribution in [0.15, 0.2) is 24.3 Å². The maximum Gasteiger partial charge on any atom is 0.110 e. The first-order valence-electron chi connectivity index (χ1n) is 3.93. The first-order valence-corrected chi connectivity index (χ1v) is 4.81. The minimum Gasteiger partial charge on any atom is -0.305 e. The van der Waals surface area contributed by atoms with Crippen LogP contribution >= 0.6 is 23.0 Å². The third kappa shape index (κ3) is 2.20. The largest absolute Gasteiger partial charge is 0.305 e. The first kappa shape index (κ1) is 9.99. The fourth-order valence-electron chi connectivity index (χ4n) is 0.999. The zero-order valence-corrected chi connectivity index (χ0v) is 9.75. The van der Waals surface area contributed by atoms with Gasteiger partial charge in [-0.1, -0.05) is 29.8 Å². The van der Waals surface area contributed by atoms with Crippen LogP contribution in [0.3, 0.4) is 0 Å². The number of benzene rings is 1. The van der Waals surface area contributed by atoms with E-state index in [1.54, 1.807) is 0 Å². The van der Waals surface area contributed by atoms with Gasteiger partial charge in [-0.3, -0.25) is 0 Å². The Morgan fingerprint density at radius 2 is 1.67 bits per heavy atom. The van der Waals surface area contributed by atoms with Crippen molar-refractivity contribution in [2.75, 3.05) is 0 Å². The van der Waals surface area contributed by atoms with E-state index >= 15 is 0 Å². The molecular weight excluding hydrogens is 263 g/mol. The molecule has 1 rings (SSSR count). The molecule has 0 fully saturated rings. The van der Waals surface area contributed by atoms with E-state index in [0.29, 0.717) is 0 Å². The number of aryl methyl sites for hydroxylation is 1. The van der Waals surface area contributed by atoms with Gasteiger partial charge in [-0.15, -0.1) is 0 Å². The number of halogens is 1. The topological polar surface area (TPSA) is 9.23 Å². The second kappa shape index (κ2) is 3.75. The molecule has 0 saturated carbocycles. The summed E-state index contributed by atoms with van der Waals surface area (Å²) < 4.78 is 5.33. The van der Waals surface area contributed by atoms with Crippen LogP contribution in [0.2, 0.25) is 0 Å². The van der Waals surface area contributed by atoms with Gasteiger partial charge >= 0.3 is 0 Å². The Kier molecular flexibility index (Phi) is 3.12. The third-order valence-electron chi connectivity index (χ3n) is 1.94. The second-order valence-electron chi connectivity index (χ2n) is 3.45. The van der Waals surface area contributed by atoms with Crippen molar-refractivity contribution in [2.45, 2.75) is 26.4 Å². The molecule has 1 aromatic rings. The van der Waals surface area contributed by atoms with Gasteiger partial charge in [-0.2, -0.15) is 0 Å². The molecule has 0 aliphatic rings. The average Bonchev–Trinajstić information content (AvgIpc) is 2.05. The monoisotopic (exact) mass is 276 g/mol. The second-order valence-corrected chi connectivity index (χ2v) is 3.89. The van der Waals surface area contributed by atoms with Crippen molar-refractivity contribution >= 4 is 23.0 Å². The maximum atomic E-state index is 5.33. The highest BCUT2D eigenvalue weighted by atomic mass is 127. The molecule has 0 aromatic heterocycles. The third-order valence-corrected chi connectivity index (χ3v) is 3.04. The fraction of sp³-hybridized carbons (Fsp3) is 0.400. The molecule has 0 aliphatic heterocycles. The lowest BCUT2D eigenvalue weighted by Crippen LogP contribution is -2.16. The van der Waals surface area contributed by atoms with E-state index in [0.717, 1.165) is 0 Å². The smallest absolute Gasteiger partial charge is 0.110 e. The summed E-state index contributed by atoms with van der Waals surface area (Å²) in [6.07, 6.45) is 0. The molecule has 0 amide bonds. The molecular formula is C10H13IO. The van der Waals surface area contributed by atoms with Crippen molar-refractivity contribution in [3.05, 3.63) is 35.4 Å². The van der Waals surface area contributed by atoms with E-state index in [9.17, 15) is 0 Å². The van der Waals surface area contributed by atoms with E-state index in [-0.39, 0.29) is 5.60 Å². The summed E-state index contributed by atoms with van der Waals surface area (Å²) in [5, 5.41) is 0. The summed E-state index contributed by atoms with van der Waals surface area (Å²) >= 11 is 1.94. The lowest BCUT2D eigenvalue weighted by Gasteiger charge is -2.21. The summed E-state index contributed by atoms with van der Waals surface area (Å²) in [5.74, 6) is 0. The van der Waals surface area contributed by atoms with Crippen LogP contribution in [-0.4, -0.2) is 0 Å². The highest BCUT2D eigenvalue weighted by Crippen LogP contribution is 2.26. The molecule has 1 aromatic carbocycles. The van der Waals surface area contributed by atoms with E-state index in [1.165, 1.54) is 11.1 Å². The van der Waals surface area contributed by atoms with Crippen molar-refractivity contribution < 1.29 is 3.07 Å².